The van der Waals surface area contributed by atoms with Crippen LogP contribution in [-0.2, 0) is 22.3 Å². The van der Waals surface area contributed by atoms with Crippen molar-refractivity contribution in [3.05, 3.63) is 64.9 Å². The van der Waals surface area contributed by atoms with Gasteiger partial charge >= 0.3 is 0 Å². The Bertz CT molecular complexity index is 970. The number of nitrogens with one attached hydrogen (secondary N) is 1. The quantitative estimate of drug-likeness (QED) is 0.730. The molecule has 0 bridgehead atoms. The van der Waals surface area contributed by atoms with E-state index in [1.807, 2.05) is 23.6 Å². The summed E-state index contributed by atoms with van der Waals surface area (Å²) < 4.78 is 32.2. The van der Waals surface area contributed by atoms with Gasteiger partial charge in [0.25, 0.3) is 0 Å². The van der Waals surface area contributed by atoms with Crippen LogP contribution in [0.5, 0.6) is 0 Å². The predicted molar refractivity (Wildman–Crippen MR) is 90.4 cm³/mol. The van der Waals surface area contributed by atoms with Gasteiger partial charge in [-0.15, -0.1) is 11.3 Å². The molecule has 0 radical (unpaired) electrons. The van der Waals surface area contributed by atoms with E-state index >= 15 is 0 Å². The maximum atomic E-state index is 12.2. The van der Waals surface area contributed by atoms with Crippen LogP contribution in [-0.4, -0.2) is 13.4 Å². The van der Waals surface area contributed by atoms with Gasteiger partial charge in [-0.3, -0.25) is 0 Å². The molecular weight excluding hydrogens is 346 g/mol. The number of benzene rings is 1. The Balaban J connectivity index is 1.64. The number of thiophene rings is 1. The Kier molecular flexibility index (Phi) is 4.76. The van der Waals surface area contributed by atoms with Gasteiger partial charge in [-0.2, -0.15) is 5.26 Å². The summed E-state index contributed by atoms with van der Waals surface area (Å²) in [5, 5.41) is 10.8. The fourth-order valence-electron chi connectivity index (χ4n) is 2.09. The topological polar surface area (TPSA) is 96.0 Å². The number of sulfonamides is 1. The molecule has 0 aliphatic carbocycles. The molecule has 0 spiro atoms. The Hall–Kier alpha value is -2.47. The zero-order valence-electron chi connectivity index (χ0n) is 12.5. The van der Waals surface area contributed by atoms with Crippen LogP contribution in [0.4, 0.5) is 0 Å². The van der Waals surface area contributed by atoms with Gasteiger partial charge in [0.05, 0.1) is 34.5 Å². The smallest absolute Gasteiger partial charge is 0.236 e. The second kappa shape index (κ2) is 6.97. The summed E-state index contributed by atoms with van der Waals surface area (Å²) in [6.07, 6.45) is 1.44. The number of nitrogens with zero attached hydrogens (tertiary/aromatic N) is 2. The maximum Gasteiger partial charge on any atom is 0.236 e. The normalized spacial score (nSPS) is 11.3. The fraction of sp³-hybridized carbons (Fsp3) is 0.125. The number of nitriles is 1. The van der Waals surface area contributed by atoms with Crippen LogP contribution in [0.1, 0.15) is 16.8 Å². The fourth-order valence-corrected chi connectivity index (χ4v) is 3.83. The van der Waals surface area contributed by atoms with Crippen molar-refractivity contribution >= 4 is 21.4 Å². The molecule has 2 aromatic heterocycles. The average Bonchev–Trinajstić information content (AvgIpc) is 3.24. The maximum absolute atomic E-state index is 12.2. The number of hydrogen-bond donors (Lipinski definition) is 1. The average molecular weight is 359 g/mol. The molecule has 0 saturated carbocycles. The van der Waals surface area contributed by atoms with Gasteiger partial charge in [-0.25, -0.2) is 18.1 Å². The molecule has 2 heterocycles. The minimum atomic E-state index is -3.54. The van der Waals surface area contributed by atoms with Crippen LogP contribution < -0.4 is 4.72 Å². The van der Waals surface area contributed by atoms with Crippen molar-refractivity contribution in [3.8, 4) is 16.8 Å². The molecule has 3 rings (SSSR count). The van der Waals surface area contributed by atoms with Crippen LogP contribution in [0.15, 0.2) is 52.5 Å². The summed E-state index contributed by atoms with van der Waals surface area (Å²) in [4.78, 5) is 5.15. The standard InChI is InChI=1S/C16H13N3O3S2/c17-8-12-3-1-4-13(7-12)11-24(20,21)18-9-14-10-22-16(19-14)15-5-2-6-23-15/h1-7,10,18H,9,11H2. The van der Waals surface area contributed by atoms with E-state index < -0.39 is 10.0 Å². The highest BCUT2D eigenvalue weighted by Gasteiger charge is 2.14. The second-order valence-electron chi connectivity index (χ2n) is 5.01. The minimum absolute atomic E-state index is 0.0507. The molecule has 8 heteroatoms. The molecule has 0 amide bonds. The molecule has 1 aromatic carbocycles. The van der Waals surface area contributed by atoms with E-state index in [1.54, 1.807) is 24.3 Å². The van der Waals surface area contributed by atoms with Gasteiger partial charge in [0, 0.05) is 0 Å². The first-order valence-electron chi connectivity index (χ1n) is 7.00. The highest BCUT2D eigenvalue weighted by atomic mass is 32.2. The Morgan fingerprint density at radius 2 is 2.17 bits per heavy atom. The van der Waals surface area contributed by atoms with Gasteiger partial charge in [-0.05, 0) is 29.1 Å². The third kappa shape index (κ3) is 4.08. The summed E-state index contributed by atoms with van der Waals surface area (Å²) in [6, 6.07) is 12.3. The Morgan fingerprint density at radius 1 is 1.29 bits per heavy atom. The molecule has 122 valence electrons. The molecule has 1 N–H and O–H groups in total. The van der Waals surface area contributed by atoms with E-state index in [2.05, 4.69) is 9.71 Å². The summed E-state index contributed by atoms with van der Waals surface area (Å²) in [6.45, 7) is 0.0507. The SMILES string of the molecule is N#Cc1cccc(CS(=O)(=O)NCc2coc(-c3cccs3)n2)c1. The molecule has 0 aliphatic heterocycles. The van der Waals surface area contributed by atoms with Crippen molar-refractivity contribution in [2.75, 3.05) is 0 Å². The van der Waals surface area contributed by atoms with Gasteiger partial charge < -0.3 is 4.42 Å². The number of rotatable bonds is 6. The molecule has 6 nitrogen and oxygen atoms in total. The second-order valence-corrected chi connectivity index (χ2v) is 7.77. The highest BCUT2D eigenvalue weighted by Crippen LogP contribution is 2.23. The minimum Gasteiger partial charge on any atom is -0.444 e. The first-order valence-corrected chi connectivity index (χ1v) is 9.53. The van der Waals surface area contributed by atoms with Crippen LogP contribution in [0.2, 0.25) is 0 Å². The Labute approximate surface area is 143 Å². The monoisotopic (exact) mass is 359 g/mol. The van der Waals surface area contributed by atoms with Gasteiger partial charge in [0.15, 0.2) is 0 Å². The third-order valence-corrected chi connectivity index (χ3v) is 5.33. The lowest BCUT2D eigenvalue weighted by Crippen LogP contribution is -2.24. The van der Waals surface area contributed by atoms with E-state index in [-0.39, 0.29) is 12.3 Å². The van der Waals surface area contributed by atoms with Crippen LogP contribution in [0.3, 0.4) is 0 Å². The third-order valence-electron chi connectivity index (χ3n) is 3.17. The lowest BCUT2D eigenvalue weighted by molar-refractivity contribution is 0.570. The molecule has 0 saturated heterocycles. The lowest BCUT2D eigenvalue weighted by Gasteiger charge is -2.05. The summed E-state index contributed by atoms with van der Waals surface area (Å²) in [5.74, 6) is 0.277. The molecular formula is C16H13N3O3S2. The van der Waals surface area contributed by atoms with Crippen molar-refractivity contribution in [1.82, 2.24) is 9.71 Å². The molecule has 0 aliphatic rings. The van der Waals surface area contributed by atoms with Crippen LogP contribution in [0.25, 0.3) is 10.8 Å². The van der Waals surface area contributed by atoms with E-state index in [0.29, 0.717) is 22.7 Å². The molecule has 0 atom stereocenters. The Morgan fingerprint density at radius 3 is 2.92 bits per heavy atom. The van der Waals surface area contributed by atoms with E-state index in [1.165, 1.54) is 17.6 Å². The van der Waals surface area contributed by atoms with Crippen molar-refractivity contribution < 1.29 is 12.8 Å². The first kappa shape index (κ1) is 16.4. The summed E-state index contributed by atoms with van der Waals surface area (Å²) in [7, 11) is -3.54. The molecule has 0 fully saturated rings. The van der Waals surface area contributed by atoms with E-state index in [9.17, 15) is 8.42 Å². The summed E-state index contributed by atoms with van der Waals surface area (Å²) in [5.41, 5.74) is 1.49. The lowest BCUT2D eigenvalue weighted by atomic mass is 10.2. The highest BCUT2D eigenvalue weighted by molar-refractivity contribution is 7.88. The van der Waals surface area contributed by atoms with Gasteiger partial charge in [0.1, 0.15) is 6.26 Å². The van der Waals surface area contributed by atoms with Crippen molar-refractivity contribution in [2.24, 2.45) is 0 Å². The van der Waals surface area contributed by atoms with Gasteiger partial charge in [0.2, 0.25) is 15.9 Å². The van der Waals surface area contributed by atoms with Crippen molar-refractivity contribution in [1.29, 1.82) is 5.26 Å². The zero-order valence-corrected chi connectivity index (χ0v) is 14.1. The predicted octanol–water partition coefficient (Wildman–Crippen LogP) is 2.89. The van der Waals surface area contributed by atoms with Crippen molar-refractivity contribution in [3.63, 3.8) is 0 Å². The van der Waals surface area contributed by atoms with Crippen molar-refractivity contribution in [2.45, 2.75) is 12.3 Å². The van der Waals surface area contributed by atoms with Gasteiger partial charge in [-0.1, -0.05) is 18.2 Å². The van der Waals surface area contributed by atoms with Crippen LogP contribution >= 0.6 is 11.3 Å². The zero-order chi connectivity index (χ0) is 17.0. The molecule has 0 unspecified atom stereocenters. The summed E-state index contributed by atoms with van der Waals surface area (Å²) >= 11 is 1.50. The number of oxazole rings is 1. The molecule has 3 aromatic rings. The van der Waals surface area contributed by atoms with E-state index in [0.717, 1.165) is 4.88 Å². The molecule has 24 heavy (non-hydrogen) atoms. The first-order chi connectivity index (χ1) is 11.6. The largest absolute Gasteiger partial charge is 0.444 e. The van der Waals surface area contributed by atoms with E-state index in [4.69, 9.17) is 9.68 Å². The van der Waals surface area contributed by atoms with Crippen LogP contribution in [0, 0.1) is 11.3 Å². The number of hydrogen-bond acceptors (Lipinski definition) is 6. The number of aromatic nitrogens is 1.